The van der Waals surface area contributed by atoms with E-state index in [1.54, 1.807) is 6.20 Å². The monoisotopic (exact) mass is 278 g/mol. The minimum Gasteiger partial charge on any atom is -0.347 e. The summed E-state index contributed by atoms with van der Waals surface area (Å²) >= 11 is 0. The predicted molar refractivity (Wildman–Crippen MR) is 70.0 cm³/mol. The van der Waals surface area contributed by atoms with Gasteiger partial charge in [-0.05, 0) is 19.9 Å². The van der Waals surface area contributed by atoms with Crippen LogP contribution in [0.3, 0.4) is 0 Å². The van der Waals surface area contributed by atoms with Gasteiger partial charge in [-0.3, -0.25) is 9.78 Å². The Morgan fingerprint density at radius 3 is 2.71 bits per heavy atom. The summed E-state index contributed by atoms with van der Waals surface area (Å²) in [5.41, 5.74) is 1.20. The fourth-order valence-electron chi connectivity index (χ4n) is 1.55. The third-order valence-corrected chi connectivity index (χ3v) is 2.41. The number of carbonyl (C=O) groups is 1. The molecule has 0 radical (unpaired) electrons. The molecule has 1 atom stereocenters. The van der Waals surface area contributed by atoms with Gasteiger partial charge in [0.15, 0.2) is 0 Å². The zero-order valence-electron chi connectivity index (χ0n) is 9.47. The van der Waals surface area contributed by atoms with E-state index in [1.807, 2.05) is 6.92 Å². The minimum absolute atomic E-state index is 0. The second-order valence-corrected chi connectivity index (χ2v) is 3.71. The molecule has 1 aromatic heterocycles. The SMILES string of the molecule is Cc1cnc(C(=O)NC2CCNC2)cn1.Cl.Cl. The summed E-state index contributed by atoms with van der Waals surface area (Å²) in [4.78, 5) is 19.7. The molecule has 1 saturated heterocycles. The van der Waals surface area contributed by atoms with Crippen LogP contribution in [-0.4, -0.2) is 35.0 Å². The van der Waals surface area contributed by atoms with Crippen molar-refractivity contribution >= 4 is 30.7 Å². The molecule has 5 nitrogen and oxygen atoms in total. The largest absolute Gasteiger partial charge is 0.347 e. The van der Waals surface area contributed by atoms with Crippen molar-refractivity contribution in [1.29, 1.82) is 0 Å². The topological polar surface area (TPSA) is 66.9 Å². The van der Waals surface area contributed by atoms with Gasteiger partial charge < -0.3 is 10.6 Å². The predicted octanol–water partition coefficient (Wildman–Crippen LogP) is 0.720. The first-order valence-corrected chi connectivity index (χ1v) is 5.06. The molecule has 0 saturated carbocycles. The van der Waals surface area contributed by atoms with Crippen molar-refractivity contribution in [2.45, 2.75) is 19.4 Å². The molecule has 96 valence electrons. The van der Waals surface area contributed by atoms with Gasteiger partial charge in [-0.2, -0.15) is 0 Å². The van der Waals surface area contributed by atoms with Gasteiger partial charge in [-0.15, -0.1) is 24.8 Å². The average Bonchev–Trinajstić information content (AvgIpc) is 2.71. The minimum atomic E-state index is -0.142. The van der Waals surface area contributed by atoms with E-state index in [0.29, 0.717) is 5.69 Å². The van der Waals surface area contributed by atoms with Gasteiger partial charge in [0.1, 0.15) is 5.69 Å². The Hall–Kier alpha value is -0.910. The zero-order valence-corrected chi connectivity index (χ0v) is 11.1. The van der Waals surface area contributed by atoms with Gasteiger partial charge in [-0.1, -0.05) is 0 Å². The van der Waals surface area contributed by atoms with Crippen LogP contribution < -0.4 is 10.6 Å². The maximum atomic E-state index is 11.7. The van der Waals surface area contributed by atoms with Crippen molar-refractivity contribution in [3.63, 3.8) is 0 Å². The van der Waals surface area contributed by atoms with Crippen LogP contribution in [0.2, 0.25) is 0 Å². The van der Waals surface area contributed by atoms with E-state index < -0.39 is 0 Å². The molecule has 1 unspecified atom stereocenters. The molecular weight excluding hydrogens is 263 g/mol. The third-order valence-electron chi connectivity index (χ3n) is 2.41. The molecule has 2 N–H and O–H groups in total. The van der Waals surface area contributed by atoms with E-state index in [1.165, 1.54) is 6.20 Å². The molecule has 2 heterocycles. The first kappa shape index (κ1) is 16.1. The lowest BCUT2D eigenvalue weighted by molar-refractivity contribution is 0.0934. The van der Waals surface area contributed by atoms with Gasteiger partial charge in [0.05, 0.1) is 11.9 Å². The quantitative estimate of drug-likeness (QED) is 0.837. The highest BCUT2D eigenvalue weighted by Gasteiger charge is 2.18. The molecule has 7 heteroatoms. The highest BCUT2D eigenvalue weighted by atomic mass is 35.5. The molecule has 1 aliphatic heterocycles. The number of hydrogen-bond acceptors (Lipinski definition) is 4. The molecule has 0 aliphatic carbocycles. The summed E-state index contributed by atoms with van der Waals surface area (Å²) in [6, 6.07) is 0.223. The first-order chi connectivity index (χ1) is 7.25. The molecule has 1 fully saturated rings. The summed E-state index contributed by atoms with van der Waals surface area (Å²) in [6.07, 6.45) is 4.08. The van der Waals surface area contributed by atoms with Crippen LogP contribution in [0.4, 0.5) is 0 Å². The number of rotatable bonds is 2. The van der Waals surface area contributed by atoms with Crippen LogP contribution in [-0.2, 0) is 0 Å². The van der Waals surface area contributed by atoms with Gasteiger partial charge in [0.2, 0.25) is 0 Å². The molecule has 0 aromatic carbocycles. The van der Waals surface area contributed by atoms with E-state index in [9.17, 15) is 4.79 Å². The molecular formula is C10H16Cl2N4O. The lowest BCUT2D eigenvalue weighted by atomic mass is 10.2. The number of aromatic nitrogens is 2. The standard InChI is InChI=1S/C10H14N4O.2ClH/c1-7-4-13-9(6-12-7)10(15)14-8-2-3-11-5-8;;/h4,6,8,11H,2-3,5H2,1H3,(H,14,15);2*1H. The summed E-state index contributed by atoms with van der Waals surface area (Å²) in [5, 5.41) is 6.10. The Kier molecular flexibility index (Phi) is 7.03. The van der Waals surface area contributed by atoms with Crippen LogP contribution >= 0.6 is 24.8 Å². The second-order valence-electron chi connectivity index (χ2n) is 3.71. The van der Waals surface area contributed by atoms with Crippen molar-refractivity contribution in [3.8, 4) is 0 Å². The smallest absolute Gasteiger partial charge is 0.271 e. The molecule has 2 rings (SSSR count). The van der Waals surface area contributed by atoms with Gasteiger partial charge in [-0.25, -0.2) is 4.98 Å². The first-order valence-electron chi connectivity index (χ1n) is 5.06. The Balaban J connectivity index is 0.00000128. The molecule has 1 amide bonds. The van der Waals surface area contributed by atoms with Crippen LogP contribution in [0.5, 0.6) is 0 Å². The highest BCUT2D eigenvalue weighted by Crippen LogP contribution is 2.00. The van der Waals surface area contributed by atoms with E-state index in [0.717, 1.165) is 25.2 Å². The van der Waals surface area contributed by atoms with Crippen LogP contribution in [0.1, 0.15) is 22.6 Å². The number of halogens is 2. The Morgan fingerprint density at radius 2 is 2.18 bits per heavy atom. The van der Waals surface area contributed by atoms with Gasteiger partial charge in [0.25, 0.3) is 5.91 Å². The summed E-state index contributed by atoms with van der Waals surface area (Å²) in [6.45, 7) is 3.64. The van der Waals surface area contributed by atoms with Crippen molar-refractivity contribution in [2.75, 3.05) is 13.1 Å². The van der Waals surface area contributed by atoms with E-state index in [-0.39, 0.29) is 36.8 Å². The Bertz CT molecular complexity index is 352. The molecule has 0 spiro atoms. The zero-order chi connectivity index (χ0) is 10.7. The normalized spacial score (nSPS) is 17.8. The van der Waals surface area contributed by atoms with Crippen LogP contribution in [0.15, 0.2) is 12.4 Å². The molecule has 1 aliphatic rings. The number of nitrogens with one attached hydrogen (secondary N) is 2. The van der Waals surface area contributed by atoms with Crippen molar-refractivity contribution in [3.05, 3.63) is 23.8 Å². The lowest BCUT2D eigenvalue weighted by Gasteiger charge is -2.10. The van der Waals surface area contributed by atoms with Crippen molar-refractivity contribution in [2.24, 2.45) is 0 Å². The molecule has 0 bridgehead atoms. The number of amides is 1. The third kappa shape index (κ3) is 4.46. The van der Waals surface area contributed by atoms with Gasteiger partial charge >= 0.3 is 0 Å². The highest BCUT2D eigenvalue weighted by molar-refractivity contribution is 5.92. The fraction of sp³-hybridized carbons (Fsp3) is 0.500. The maximum Gasteiger partial charge on any atom is 0.271 e. The summed E-state index contributed by atoms with van der Waals surface area (Å²) in [7, 11) is 0. The number of aryl methyl sites for hydroxylation is 1. The van der Waals surface area contributed by atoms with Crippen molar-refractivity contribution < 1.29 is 4.79 Å². The second kappa shape index (κ2) is 7.42. The Labute approximate surface area is 113 Å². The van der Waals surface area contributed by atoms with E-state index >= 15 is 0 Å². The number of carbonyl (C=O) groups excluding carboxylic acids is 1. The molecule has 17 heavy (non-hydrogen) atoms. The number of hydrogen-bond donors (Lipinski definition) is 2. The van der Waals surface area contributed by atoms with E-state index in [4.69, 9.17) is 0 Å². The number of nitrogens with zero attached hydrogens (tertiary/aromatic N) is 2. The fourth-order valence-corrected chi connectivity index (χ4v) is 1.55. The van der Waals surface area contributed by atoms with Crippen LogP contribution in [0.25, 0.3) is 0 Å². The van der Waals surface area contributed by atoms with Gasteiger partial charge in [0, 0.05) is 18.8 Å². The summed E-state index contributed by atoms with van der Waals surface area (Å²) < 4.78 is 0. The maximum absolute atomic E-state index is 11.7. The Morgan fingerprint density at radius 1 is 1.41 bits per heavy atom. The van der Waals surface area contributed by atoms with Crippen molar-refractivity contribution in [1.82, 2.24) is 20.6 Å². The van der Waals surface area contributed by atoms with Crippen LogP contribution in [0, 0.1) is 6.92 Å². The lowest BCUT2D eigenvalue weighted by Crippen LogP contribution is -2.36. The summed E-state index contributed by atoms with van der Waals surface area (Å²) in [5.74, 6) is -0.142. The average molecular weight is 279 g/mol. The molecule has 1 aromatic rings. The van der Waals surface area contributed by atoms with E-state index in [2.05, 4.69) is 20.6 Å².